The second-order valence-electron chi connectivity index (χ2n) is 11.6. The summed E-state index contributed by atoms with van der Waals surface area (Å²) >= 11 is 0. The van der Waals surface area contributed by atoms with Crippen molar-refractivity contribution >= 4 is 5.97 Å². The molecule has 5 saturated carbocycles. The topological polar surface area (TPSA) is 37.3 Å². The summed E-state index contributed by atoms with van der Waals surface area (Å²) < 4.78 is 0. The molecule has 5 aliphatic carbocycles. The van der Waals surface area contributed by atoms with Gasteiger partial charge in [0.1, 0.15) is 0 Å². The Morgan fingerprint density at radius 2 is 1.85 bits per heavy atom. The van der Waals surface area contributed by atoms with E-state index >= 15 is 0 Å². The molecular weight excluding hydrogens is 320 g/mol. The summed E-state index contributed by atoms with van der Waals surface area (Å²) in [5.74, 6) is 4.69. The average molecular weight is 359 g/mol. The number of fused-ring (bicyclic) bond motifs is 4. The standard InChI is InChI=1S/C24H38O2/c1-15(4-7-21(25)26)18-5-6-19-17-9-13-24-14-16(24)8-12-23(24,3)20(17)10-11-22(18,19)2/h15-20H,4-14H2,1-3H3,(H,25,26)/t15-,16?,17+,18-,19+,20+,22-,23-,24?/m1/s1. The lowest BCUT2D eigenvalue weighted by molar-refractivity contribution is -0.137. The molecule has 1 spiro atoms. The van der Waals surface area contributed by atoms with E-state index in [0.29, 0.717) is 23.2 Å². The van der Waals surface area contributed by atoms with Crippen LogP contribution in [0.1, 0.15) is 91.4 Å². The first-order valence-electron chi connectivity index (χ1n) is 11.5. The van der Waals surface area contributed by atoms with Gasteiger partial charge in [0.15, 0.2) is 0 Å². The maximum Gasteiger partial charge on any atom is 0.303 e. The zero-order valence-electron chi connectivity index (χ0n) is 17.1. The zero-order chi connectivity index (χ0) is 18.3. The lowest BCUT2D eigenvalue weighted by atomic mass is 9.46. The number of rotatable bonds is 4. The van der Waals surface area contributed by atoms with E-state index in [-0.39, 0.29) is 0 Å². The molecule has 9 atom stereocenters. The molecule has 2 heteroatoms. The van der Waals surface area contributed by atoms with Crippen LogP contribution in [-0.2, 0) is 4.79 Å². The third kappa shape index (κ3) is 2.08. The van der Waals surface area contributed by atoms with Gasteiger partial charge >= 0.3 is 5.97 Å². The number of carboxylic acid groups (broad SMARTS) is 1. The summed E-state index contributed by atoms with van der Waals surface area (Å²) in [5.41, 5.74) is 1.92. The van der Waals surface area contributed by atoms with E-state index in [0.717, 1.165) is 41.4 Å². The molecule has 5 rings (SSSR count). The molecule has 0 bridgehead atoms. The van der Waals surface area contributed by atoms with E-state index in [1.807, 2.05) is 0 Å². The van der Waals surface area contributed by atoms with Crippen LogP contribution in [-0.4, -0.2) is 11.1 Å². The van der Waals surface area contributed by atoms with Gasteiger partial charge in [0.25, 0.3) is 0 Å². The third-order valence-corrected chi connectivity index (χ3v) is 11.1. The molecule has 0 aromatic rings. The van der Waals surface area contributed by atoms with Gasteiger partial charge in [-0.1, -0.05) is 20.8 Å². The van der Waals surface area contributed by atoms with E-state index < -0.39 is 5.97 Å². The fraction of sp³-hybridized carbons (Fsp3) is 0.958. The Hall–Kier alpha value is -0.530. The molecule has 26 heavy (non-hydrogen) atoms. The van der Waals surface area contributed by atoms with Crippen LogP contribution < -0.4 is 0 Å². The smallest absolute Gasteiger partial charge is 0.303 e. The van der Waals surface area contributed by atoms with Gasteiger partial charge < -0.3 is 5.11 Å². The van der Waals surface area contributed by atoms with E-state index in [9.17, 15) is 4.79 Å². The molecule has 2 nitrogen and oxygen atoms in total. The van der Waals surface area contributed by atoms with Crippen LogP contribution in [0.25, 0.3) is 0 Å². The highest BCUT2D eigenvalue weighted by atomic mass is 16.4. The van der Waals surface area contributed by atoms with Gasteiger partial charge in [0, 0.05) is 6.42 Å². The minimum atomic E-state index is -0.619. The minimum absolute atomic E-state index is 0.354. The number of carbonyl (C=O) groups is 1. The maximum atomic E-state index is 11.0. The molecule has 0 aromatic heterocycles. The van der Waals surface area contributed by atoms with Crippen LogP contribution in [0, 0.1) is 51.8 Å². The molecule has 2 unspecified atom stereocenters. The number of hydrogen-bond acceptors (Lipinski definition) is 1. The molecular formula is C24H38O2. The molecule has 0 saturated heterocycles. The van der Waals surface area contributed by atoms with Crippen molar-refractivity contribution in [3.63, 3.8) is 0 Å². The maximum absolute atomic E-state index is 11.0. The van der Waals surface area contributed by atoms with Crippen LogP contribution in [0.15, 0.2) is 0 Å². The number of aliphatic carboxylic acids is 1. The normalized spacial score (nSPS) is 55.4. The number of carboxylic acids is 1. The predicted molar refractivity (Wildman–Crippen MR) is 104 cm³/mol. The summed E-state index contributed by atoms with van der Waals surface area (Å²) in [6, 6.07) is 0. The Morgan fingerprint density at radius 3 is 2.58 bits per heavy atom. The Morgan fingerprint density at radius 1 is 1.04 bits per heavy atom. The fourth-order valence-electron chi connectivity index (χ4n) is 9.76. The van der Waals surface area contributed by atoms with Crippen molar-refractivity contribution in [3.05, 3.63) is 0 Å². The Bertz CT molecular complexity index is 613. The van der Waals surface area contributed by atoms with Crippen LogP contribution in [0.5, 0.6) is 0 Å². The SMILES string of the molecule is C[C@H](CCC(=O)O)[C@H]1CC[C@H]2[C@@H]3CCC45CC4CC[C@]5(C)[C@H]3CC[C@]12C. The van der Waals surface area contributed by atoms with Gasteiger partial charge in [-0.2, -0.15) is 0 Å². The van der Waals surface area contributed by atoms with Gasteiger partial charge in [0.05, 0.1) is 0 Å². The predicted octanol–water partition coefficient (Wildman–Crippen LogP) is 6.15. The van der Waals surface area contributed by atoms with Crippen molar-refractivity contribution in [2.75, 3.05) is 0 Å². The van der Waals surface area contributed by atoms with Gasteiger partial charge in [-0.05, 0) is 116 Å². The first kappa shape index (κ1) is 17.6. The Balaban J connectivity index is 1.36. The van der Waals surface area contributed by atoms with Gasteiger partial charge in [0.2, 0.25) is 0 Å². The molecule has 0 heterocycles. The molecule has 1 N–H and O–H groups in total. The molecule has 146 valence electrons. The van der Waals surface area contributed by atoms with E-state index in [2.05, 4.69) is 20.8 Å². The minimum Gasteiger partial charge on any atom is -0.481 e. The zero-order valence-corrected chi connectivity index (χ0v) is 17.1. The quantitative estimate of drug-likeness (QED) is 0.655. The van der Waals surface area contributed by atoms with Crippen LogP contribution in [0.2, 0.25) is 0 Å². The van der Waals surface area contributed by atoms with Crippen molar-refractivity contribution in [3.8, 4) is 0 Å². The second kappa shape index (κ2) is 5.51. The first-order valence-corrected chi connectivity index (χ1v) is 11.5. The molecule has 0 radical (unpaired) electrons. The highest BCUT2D eigenvalue weighted by Gasteiger charge is 2.73. The first-order chi connectivity index (χ1) is 12.3. The van der Waals surface area contributed by atoms with E-state index in [1.54, 1.807) is 6.42 Å². The van der Waals surface area contributed by atoms with Crippen molar-refractivity contribution in [1.29, 1.82) is 0 Å². The van der Waals surface area contributed by atoms with Crippen molar-refractivity contribution < 1.29 is 9.90 Å². The summed E-state index contributed by atoms with van der Waals surface area (Å²) in [6.45, 7) is 7.64. The lowest BCUT2D eigenvalue weighted by Gasteiger charge is -2.59. The van der Waals surface area contributed by atoms with Crippen LogP contribution in [0.3, 0.4) is 0 Å². The van der Waals surface area contributed by atoms with Crippen molar-refractivity contribution in [1.82, 2.24) is 0 Å². The largest absolute Gasteiger partial charge is 0.481 e. The third-order valence-electron chi connectivity index (χ3n) is 11.1. The van der Waals surface area contributed by atoms with Crippen molar-refractivity contribution in [2.24, 2.45) is 51.8 Å². The Labute approximate surface area is 159 Å². The fourth-order valence-corrected chi connectivity index (χ4v) is 9.76. The summed E-state index contributed by atoms with van der Waals surface area (Å²) in [5, 5.41) is 9.10. The van der Waals surface area contributed by atoms with E-state index in [4.69, 9.17) is 5.11 Å². The summed E-state index contributed by atoms with van der Waals surface area (Å²) in [7, 11) is 0. The van der Waals surface area contributed by atoms with Gasteiger partial charge in [-0.3, -0.25) is 4.79 Å². The van der Waals surface area contributed by atoms with Gasteiger partial charge in [-0.15, -0.1) is 0 Å². The van der Waals surface area contributed by atoms with Crippen molar-refractivity contribution in [2.45, 2.75) is 91.4 Å². The molecule has 0 amide bonds. The van der Waals surface area contributed by atoms with Crippen LogP contribution in [0.4, 0.5) is 0 Å². The molecule has 5 fully saturated rings. The molecule has 0 aromatic carbocycles. The highest BCUT2D eigenvalue weighted by molar-refractivity contribution is 5.66. The molecule has 0 aliphatic heterocycles. The summed E-state index contributed by atoms with van der Waals surface area (Å²) in [4.78, 5) is 11.0. The second-order valence-corrected chi connectivity index (χ2v) is 11.6. The monoisotopic (exact) mass is 358 g/mol. The van der Waals surface area contributed by atoms with Crippen LogP contribution >= 0.6 is 0 Å². The van der Waals surface area contributed by atoms with E-state index in [1.165, 1.54) is 51.4 Å². The Kier molecular flexibility index (Phi) is 3.72. The van der Waals surface area contributed by atoms with Gasteiger partial charge in [-0.25, -0.2) is 0 Å². The summed E-state index contributed by atoms with van der Waals surface area (Å²) in [6.07, 6.45) is 14.5. The highest BCUT2D eigenvalue weighted by Crippen LogP contribution is 2.81. The molecule has 5 aliphatic rings. The lowest BCUT2D eigenvalue weighted by Crippen LogP contribution is -2.52. The number of hydrogen-bond donors (Lipinski definition) is 1. The average Bonchev–Trinajstić information content (AvgIpc) is 3.08.